The number of hydrogen-bond donors (Lipinski definition) is 1. The summed E-state index contributed by atoms with van der Waals surface area (Å²) in [5.74, 6) is 0.627. The van der Waals surface area contributed by atoms with Crippen LogP contribution < -0.4 is 10.5 Å². The first-order valence-electron chi connectivity index (χ1n) is 8.43. The summed E-state index contributed by atoms with van der Waals surface area (Å²) in [5.41, 5.74) is 8.44. The van der Waals surface area contributed by atoms with Crippen LogP contribution in [0.1, 0.15) is 23.5 Å². The van der Waals surface area contributed by atoms with Gasteiger partial charge in [-0.2, -0.15) is 0 Å². The first-order chi connectivity index (χ1) is 12.9. The molecule has 0 aliphatic heterocycles. The third kappa shape index (κ3) is 3.59. The molecule has 0 bridgehead atoms. The minimum absolute atomic E-state index is 0.0767. The van der Waals surface area contributed by atoms with Crippen molar-refractivity contribution < 1.29 is 9.53 Å². The van der Waals surface area contributed by atoms with Crippen LogP contribution in [0.5, 0.6) is 5.75 Å². The van der Waals surface area contributed by atoms with E-state index in [4.69, 9.17) is 10.5 Å². The van der Waals surface area contributed by atoms with Gasteiger partial charge in [0.15, 0.2) is 5.16 Å². The van der Waals surface area contributed by atoms with Crippen LogP contribution in [0.4, 0.5) is 5.69 Å². The summed E-state index contributed by atoms with van der Waals surface area (Å²) >= 11 is 2.77. The second kappa shape index (κ2) is 7.74. The van der Waals surface area contributed by atoms with Crippen LogP contribution in [0.2, 0.25) is 0 Å². The number of methoxy groups -OCH3 is 1. The first kappa shape index (κ1) is 19.4. The van der Waals surface area contributed by atoms with Crippen molar-refractivity contribution in [3.8, 4) is 17.0 Å². The van der Waals surface area contributed by atoms with Crippen molar-refractivity contribution in [1.82, 2.24) is 14.9 Å². The Kier molecular flexibility index (Phi) is 5.57. The summed E-state index contributed by atoms with van der Waals surface area (Å²) < 4.78 is 5.34. The highest BCUT2D eigenvalue weighted by Crippen LogP contribution is 2.40. The summed E-state index contributed by atoms with van der Waals surface area (Å²) in [7, 11) is 3.40. The van der Waals surface area contributed by atoms with Gasteiger partial charge in [-0.25, -0.2) is 9.97 Å². The molecule has 3 aromatic rings. The lowest BCUT2D eigenvalue weighted by Gasteiger charge is -2.20. The van der Waals surface area contributed by atoms with Gasteiger partial charge in [-0.3, -0.25) is 4.79 Å². The molecule has 8 heteroatoms. The Labute approximate surface area is 166 Å². The molecular weight excluding hydrogens is 380 g/mol. The van der Waals surface area contributed by atoms with Gasteiger partial charge in [-0.05, 0) is 32.2 Å². The number of carbonyl (C=O) groups is 1. The summed E-state index contributed by atoms with van der Waals surface area (Å²) in [6.45, 7) is 3.93. The van der Waals surface area contributed by atoms with Crippen molar-refractivity contribution >= 4 is 44.9 Å². The number of rotatable bonds is 5. The molecule has 1 amide bonds. The van der Waals surface area contributed by atoms with Gasteiger partial charge < -0.3 is 15.4 Å². The molecule has 6 nitrogen and oxygen atoms in total. The van der Waals surface area contributed by atoms with E-state index < -0.39 is 0 Å². The van der Waals surface area contributed by atoms with Gasteiger partial charge in [-0.1, -0.05) is 23.9 Å². The molecule has 2 aromatic heterocycles. The Morgan fingerprint density at radius 2 is 2.07 bits per heavy atom. The second-order valence-electron chi connectivity index (χ2n) is 6.33. The predicted molar refractivity (Wildman–Crippen MR) is 113 cm³/mol. The zero-order valence-corrected chi connectivity index (χ0v) is 17.6. The fraction of sp³-hybridized carbons (Fsp3) is 0.316. The van der Waals surface area contributed by atoms with Gasteiger partial charge in [0.1, 0.15) is 15.5 Å². The SMILES string of the molecule is COc1cccc(-c2nc(SC)nc3sc(C(=O)N(C)C(C)C)c(N)c23)c1. The minimum atomic E-state index is -0.104. The number of aromatic nitrogens is 2. The topological polar surface area (TPSA) is 81.3 Å². The molecular formula is C19H22N4O2S2. The van der Waals surface area contributed by atoms with E-state index >= 15 is 0 Å². The van der Waals surface area contributed by atoms with E-state index in [-0.39, 0.29) is 11.9 Å². The first-order valence-corrected chi connectivity index (χ1v) is 10.5. The van der Waals surface area contributed by atoms with Crippen molar-refractivity contribution in [2.75, 3.05) is 26.1 Å². The molecule has 0 fully saturated rings. The summed E-state index contributed by atoms with van der Waals surface area (Å²) in [5, 5.41) is 1.35. The van der Waals surface area contributed by atoms with E-state index in [1.54, 1.807) is 19.1 Å². The summed E-state index contributed by atoms with van der Waals surface area (Å²) in [4.78, 5) is 25.0. The molecule has 0 radical (unpaired) electrons. The maximum absolute atomic E-state index is 12.9. The smallest absolute Gasteiger partial charge is 0.266 e. The monoisotopic (exact) mass is 402 g/mol. The predicted octanol–water partition coefficient (Wildman–Crippen LogP) is 4.15. The fourth-order valence-electron chi connectivity index (χ4n) is 2.63. The largest absolute Gasteiger partial charge is 0.497 e. The average Bonchev–Trinajstić information content (AvgIpc) is 3.02. The number of thioether (sulfide) groups is 1. The Morgan fingerprint density at radius 1 is 1.33 bits per heavy atom. The van der Waals surface area contributed by atoms with E-state index in [9.17, 15) is 4.79 Å². The third-order valence-electron chi connectivity index (χ3n) is 4.38. The molecule has 0 unspecified atom stereocenters. The number of carbonyl (C=O) groups excluding carboxylic acids is 1. The molecule has 0 aliphatic rings. The number of fused-ring (bicyclic) bond motifs is 1. The zero-order chi connectivity index (χ0) is 19.7. The number of nitrogen functional groups attached to an aromatic ring is 1. The number of thiophene rings is 1. The Bertz CT molecular complexity index is 1000. The molecule has 1 aromatic carbocycles. The Balaban J connectivity index is 2.26. The Morgan fingerprint density at radius 3 is 2.70 bits per heavy atom. The lowest BCUT2D eigenvalue weighted by molar-refractivity contribution is 0.0761. The van der Waals surface area contributed by atoms with Gasteiger partial charge in [-0.15, -0.1) is 11.3 Å². The van der Waals surface area contributed by atoms with E-state index in [2.05, 4.69) is 9.97 Å². The number of hydrogen-bond acceptors (Lipinski definition) is 7. The van der Waals surface area contributed by atoms with Crippen molar-refractivity contribution in [3.63, 3.8) is 0 Å². The standard InChI is InChI=1S/C19H22N4O2S2/c1-10(2)23(3)18(24)16-14(20)13-15(11-7-6-8-12(9-11)25-4)21-19(26-5)22-17(13)27-16/h6-10H,20H2,1-5H3. The highest BCUT2D eigenvalue weighted by atomic mass is 32.2. The average molecular weight is 403 g/mol. The molecule has 0 spiro atoms. The number of nitrogens with two attached hydrogens (primary N) is 1. The van der Waals surface area contributed by atoms with E-state index in [1.165, 1.54) is 23.1 Å². The highest BCUT2D eigenvalue weighted by molar-refractivity contribution is 7.98. The van der Waals surface area contributed by atoms with E-state index in [1.807, 2.05) is 44.4 Å². The summed E-state index contributed by atoms with van der Waals surface area (Å²) in [6.07, 6.45) is 1.92. The molecule has 27 heavy (non-hydrogen) atoms. The lowest BCUT2D eigenvalue weighted by atomic mass is 10.1. The van der Waals surface area contributed by atoms with E-state index in [0.29, 0.717) is 31.6 Å². The van der Waals surface area contributed by atoms with Crippen molar-refractivity contribution in [1.29, 1.82) is 0 Å². The van der Waals surface area contributed by atoms with Crippen molar-refractivity contribution in [3.05, 3.63) is 29.1 Å². The van der Waals surface area contributed by atoms with Crippen LogP contribution in [0, 0.1) is 0 Å². The van der Waals surface area contributed by atoms with Crippen LogP contribution >= 0.6 is 23.1 Å². The van der Waals surface area contributed by atoms with Gasteiger partial charge >= 0.3 is 0 Å². The molecule has 142 valence electrons. The number of ether oxygens (including phenoxy) is 1. The third-order valence-corrected chi connectivity index (χ3v) is 6.02. The Hall–Kier alpha value is -2.32. The molecule has 0 saturated heterocycles. The van der Waals surface area contributed by atoms with Crippen LogP contribution in [0.3, 0.4) is 0 Å². The molecule has 0 saturated carbocycles. The van der Waals surface area contributed by atoms with Crippen LogP contribution in [-0.2, 0) is 0 Å². The van der Waals surface area contributed by atoms with Crippen LogP contribution in [0.25, 0.3) is 21.5 Å². The van der Waals surface area contributed by atoms with Crippen molar-refractivity contribution in [2.24, 2.45) is 0 Å². The van der Waals surface area contributed by atoms with Gasteiger partial charge in [0.05, 0.1) is 23.9 Å². The van der Waals surface area contributed by atoms with Crippen molar-refractivity contribution in [2.45, 2.75) is 25.0 Å². The maximum Gasteiger partial charge on any atom is 0.266 e. The highest BCUT2D eigenvalue weighted by Gasteiger charge is 2.25. The minimum Gasteiger partial charge on any atom is -0.497 e. The number of amides is 1. The number of nitrogens with zero attached hydrogens (tertiary/aromatic N) is 3. The summed E-state index contributed by atoms with van der Waals surface area (Å²) in [6, 6.07) is 7.72. The number of benzene rings is 1. The molecule has 0 aliphatic carbocycles. The quantitative estimate of drug-likeness (QED) is 0.510. The fourth-order valence-corrected chi connectivity index (χ4v) is 4.13. The van der Waals surface area contributed by atoms with Gasteiger partial charge in [0.2, 0.25) is 0 Å². The maximum atomic E-state index is 12.9. The van der Waals surface area contributed by atoms with Gasteiger partial charge in [0.25, 0.3) is 5.91 Å². The van der Waals surface area contributed by atoms with Crippen LogP contribution in [-0.4, -0.2) is 47.2 Å². The second-order valence-corrected chi connectivity index (χ2v) is 8.10. The molecule has 0 atom stereocenters. The molecule has 3 rings (SSSR count). The zero-order valence-electron chi connectivity index (χ0n) is 15.9. The normalized spacial score (nSPS) is 11.2. The molecule has 2 N–H and O–H groups in total. The van der Waals surface area contributed by atoms with Gasteiger partial charge in [0, 0.05) is 18.7 Å². The lowest BCUT2D eigenvalue weighted by Crippen LogP contribution is -2.32. The van der Waals surface area contributed by atoms with E-state index in [0.717, 1.165) is 11.3 Å². The number of anilines is 1. The van der Waals surface area contributed by atoms with Crippen LogP contribution in [0.15, 0.2) is 29.4 Å². The molecule has 2 heterocycles.